The SMILES string of the molecule is Cc1nn(Cc2ccc(C#N)cc2Cl)c(C)c1Br. The largest absolute Gasteiger partial charge is 0.264 e. The molecule has 5 heteroatoms. The number of hydrogen-bond acceptors (Lipinski definition) is 2. The Morgan fingerprint density at radius 1 is 1.44 bits per heavy atom. The summed E-state index contributed by atoms with van der Waals surface area (Å²) >= 11 is 9.65. The Morgan fingerprint density at radius 2 is 2.17 bits per heavy atom. The van der Waals surface area contributed by atoms with Gasteiger partial charge in [0.2, 0.25) is 0 Å². The van der Waals surface area contributed by atoms with Gasteiger partial charge < -0.3 is 0 Å². The first kappa shape index (κ1) is 13.1. The molecule has 0 saturated carbocycles. The number of nitriles is 1. The Balaban J connectivity index is 2.35. The Kier molecular flexibility index (Phi) is 3.74. The van der Waals surface area contributed by atoms with E-state index >= 15 is 0 Å². The van der Waals surface area contributed by atoms with Gasteiger partial charge in [-0.25, -0.2) is 0 Å². The molecular formula is C13H11BrClN3. The van der Waals surface area contributed by atoms with Gasteiger partial charge in [0.05, 0.1) is 34.0 Å². The van der Waals surface area contributed by atoms with E-state index in [2.05, 4.69) is 27.1 Å². The van der Waals surface area contributed by atoms with Crippen LogP contribution in [0.15, 0.2) is 22.7 Å². The molecule has 1 heterocycles. The second-order valence-corrected chi connectivity index (χ2v) is 5.26. The quantitative estimate of drug-likeness (QED) is 0.842. The molecule has 0 N–H and O–H groups in total. The standard InChI is InChI=1S/C13H11BrClN3/c1-8-13(14)9(2)18(17-8)7-11-4-3-10(6-16)5-12(11)15/h3-5H,7H2,1-2H3. The fraction of sp³-hybridized carbons (Fsp3) is 0.231. The van der Waals surface area contributed by atoms with Gasteiger partial charge in [0.15, 0.2) is 0 Å². The number of aromatic nitrogens is 2. The Bertz CT molecular complexity index is 640. The molecule has 2 rings (SSSR count). The number of rotatable bonds is 2. The molecule has 0 amide bonds. The molecular weight excluding hydrogens is 314 g/mol. The first-order valence-electron chi connectivity index (χ1n) is 5.41. The molecule has 92 valence electrons. The Labute approximate surface area is 119 Å². The fourth-order valence-electron chi connectivity index (χ4n) is 1.74. The van der Waals surface area contributed by atoms with E-state index in [4.69, 9.17) is 16.9 Å². The lowest BCUT2D eigenvalue weighted by Gasteiger charge is -2.07. The molecule has 0 aliphatic heterocycles. The van der Waals surface area contributed by atoms with Crippen LogP contribution in [0.5, 0.6) is 0 Å². The van der Waals surface area contributed by atoms with Crippen LogP contribution in [-0.4, -0.2) is 9.78 Å². The van der Waals surface area contributed by atoms with Crippen LogP contribution in [0.2, 0.25) is 5.02 Å². The molecule has 0 aliphatic rings. The number of hydrogen-bond donors (Lipinski definition) is 0. The lowest BCUT2D eigenvalue weighted by molar-refractivity contribution is 0.659. The van der Waals surface area contributed by atoms with Crippen molar-refractivity contribution in [2.45, 2.75) is 20.4 Å². The molecule has 0 radical (unpaired) electrons. The van der Waals surface area contributed by atoms with E-state index in [1.54, 1.807) is 12.1 Å². The first-order chi connectivity index (χ1) is 8.52. The summed E-state index contributed by atoms with van der Waals surface area (Å²) in [5, 5.41) is 13.8. The van der Waals surface area contributed by atoms with Crippen molar-refractivity contribution in [3.8, 4) is 6.07 Å². The highest BCUT2D eigenvalue weighted by molar-refractivity contribution is 9.10. The van der Waals surface area contributed by atoms with Gasteiger partial charge in [0.25, 0.3) is 0 Å². The van der Waals surface area contributed by atoms with Crippen LogP contribution in [0.3, 0.4) is 0 Å². The monoisotopic (exact) mass is 323 g/mol. The molecule has 1 aromatic heterocycles. The molecule has 1 aromatic carbocycles. The van der Waals surface area contributed by atoms with Gasteiger partial charge in [-0.1, -0.05) is 17.7 Å². The second kappa shape index (κ2) is 5.13. The third kappa shape index (κ3) is 2.43. The predicted molar refractivity (Wildman–Crippen MR) is 74.7 cm³/mol. The zero-order chi connectivity index (χ0) is 13.3. The molecule has 0 spiro atoms. The van der Waals surface area contributed by atoms with E-state index in [0.29, 0.717) is 17.1 Å². The topological polar surface area (TPSA) is 41.6 Å². The van der Waals surface area contributed by atoms with Crippen LogP contribution in [0, 0.1) is 25.2 Å². The molecule has 0 aliphatic carbocycles. The van der Waals surface area contributed by atoms with E-state index in [-0.39, 0.29) is 0 Å². The normalized spacial score (nSPS) is 10.4. The van der Waals surface area contributed by atoms with E-state index in [1.807, 2.05) is 24.6 Å². The predicted octanol–water partition coefficient (Wildman–Crippen LogP) is 3.84. The van der Waals surface area contributed by atoms with E-state index in [1.165, 1.54) is 0 Å². The summed E-state index contributed by atoms with van der Waals surface area (Å²) < 4.78 is 2.92. The summed E-state index contributed by atoms with van der Waals surface area (Å²) in [5.41, 5.74) is 3.54. The van der Waals surface area contributed by atoms with Crippen LogP contribution in [0.1, 0.15) is 22.5 Å². The van der Waals surface area contributed by atoms with Crippen molar-refractivity contribution in [3.63, 3.8) is 0 Å². The minimum Gasteiger partial charge on any atom is -0.264 e. The average Bonchev–Trinajstić information content (AvgIpc) is 2.59. The molecule has 2 aromatic rings. The van der Waals surface area contributed by atoms with Gasteiger partial charge in [-0.05, 0) is 47.5 Å². The Morgan fingerprint density at radius 3 is 2.67 bits per heavy atom. The third-order valence-electron chi connectivity index (χ3n) is 2.80. The van der Waals surface area contributed by atoms with E-state index in [9.17, 15) is 0 Å². The van der Waals surface area contributed by atoms with Crippen LogP contribution in [0.25, 0.3) is 0 Å². The summed E-state index contributed by atoms with van der Waals surface area (Å²) in [6, 6.07) is 7.38. The highest BCUT2D eigenvalue weighted by atomic mass is 79.9. The Hall–Kier alpha value is -1.31. The molecule has 0 bridgehead atoms. The van der Waals surface area contributed by atoms with Crippen molar-refractivity contribution in [2.75, 3.05) is 0 Å². The van der Waals surface area contributed by atoms with Crippen molar-refractivity contribution in [1.29, 1.82) is 5.26 Å². The maximum absolute atomic E-state index is 8.79. The van der Waals surface area contributed by atoms with Gasteiger partial charge >= 0.3 is 0 Å². The summed E-state index contributed by atoms with van der Waals surface area (Å²) in [4.78, 5) is 0. The molecule has 18 heavy (non-hydrogen) atoms. The van der Waals surface area contributed by atoms with Crippen molar-refractivity contribution in [2.24, 2.45) is 0 Å². The fourth-order valence-corrected chi connectivity index (χ4v) is 2.26. The molecule has 0 saturated heterocycles. The molecule has 0 atom stereocenters. The second-order valence-electron chi connectivity index (χ2n) is 4.06. The lowest BCUT2D eigenvalue weighted by Crippen LogP contribution is -2.04. The minimum atomic E-state index is 0.568. The van der Waals surface area contributed by atoms with Gasteiger partial charge in [-0.2, -0.15) is 10.4 Å². The number of benzene rings is 1. The summed E-state index contributed by atoms with van der Waals surface area (Å²) in [6.07, 6.45) is 0. The summed E-state index contributed by atoms with van der Waals surface area (Å²) in [6.45, 7) is 4.55. The molecule has 0 fully saturated rings. The lowest BCUT2D eigenvalue weighted by atomic mass is 10.1. The van der Waals surface area contributed by atoms with Crippen molar-refractivity contribution in [3.05, 3.63) is 50.2 Å². The zero-order valence-electron chi connectivity index (χ0n) is 10.0. The van der Waals surface area contributed by atoms with Crippen molar-refractivity contribution >= 4 is 27.5 Å². The van der Waals surface area contributed by atoms with Crippen LogP contribution >= 0.6 is 27.5 Å². The van der Waals surface area contributed by atoms with Crippen molar-refractivity contribution < 1.29 is 0 Å². The van der Waals surface area contributed by atoms with E-state index in [0.717, 1.165) is 21.4 Å². The average molecular weight is 325 g/mol. The number of nitrogens with zero attached hydrogens (tertiary/aromatic N) is 3. The van der Waals surface area contributed by atoms with Crippen molar-refractivity contribution in [1.82, 2.24) is 9.78 Å². The minimum absolute atomic E-state index is 0.568. The smallest absolute Gasteiger partial charge is 0.0992 e. The third-order valence-corrected chi connectivity index (χ3v) is 4.29. The number of halogens is 2. The van der Waals surface area contributed by atoms with E-state index < -0.39 is 0 Å². The molecule has 0 unspecified atom stereocenters. The summed E-state index contributed by atoms with van der Waals surface area (Å²) in [5.74, 6) is 0. The van der Waals surface area contributed by atoms with Gasteiger partial charge in [-0.3, -0.25) is 4.68 Å². The van der Waals surface area contributed by atoms with Gasteiger partial charge in [-0.15, -0.1) is 0 Å². The first-order valence-corrected chi connectivity index (χ1v) is 6.58. The highest BCUT2D eigenvalue weighted by Gasteiger charge is 2.10. The highest BCUT2D eigenvalue weighted by Crippen LogP contribution is 2.23. The van der Waals surface area contributed by atoms with Gasteiger partial charge in [0, 0.05) is 5.02 Å². The maximum atomic E-state index is 8.79. The van der Waals surface area contributed by atoms with Gasteiger partial charge in [0.1, 0.15) is 0 Å². The van der Waals surface area contributed by atoms with Crippen LogP contribution in [0.4, 0.5) is 0 Å². The van der Waals surface area contributed by atoms with Crippen LogP contribution in [-0.2, 0) is 6.54 Å². The summed E-state index contributed by atoms with van der Waals surface area (Å²) in [7, 11) is 0. The van der Waals surface area contributed by atoms with Crippen LogP contribution < -0.4 is 0 Å². The number of aryl methyl sites for hydroxylation is 1. The molecule has 3 nitrogen and oxygen atoms in total. The maximum Gasteiger partial charge on any atom is 0.0992 e. The zero-order valence-corrected chi connectivity index (χ0v) is 12.4.